The fraction of sp³-hybridized carbons (Fsp3) is 0.500. The van der Waals surface area contributed by atoms with Crippen molar-refractivity contribution in [3.63, 3.8) is 0 Å². The third kappa shape index (κ3) is 1.76. The fourth-order valence-electron chi connectivity index (χ4n) is 0.809. The summed E-state index contributed by atoms with van der Waals surface area (Å²) < 4.78 is 40.8. The van der Waals surface area contributed by atoms with E-state index in [1.54, 1.807) is 0 Å². The van der Waals surface area contributed by atoms with E-state index >= 15 is 0 Å². The zero-order chi connectivity index (χ0) is 9.19. The fourth-order valence-corrected chi connectivity index (χ4v) is 0.809. The highest BCUT2D eigenvalue weighted by atomic mass is 19.4. The van der Waals surface area contributed by atoms with Gasteiger partial charge in [0.2, 0.25) is 0 Å². The van der Waals surface area contributed by atoms with Crippen LogP contribution in [0.1, 0.15) is 11.7 Å². The van der Waals surface area contributed by atoms with Crippen molar-refractivity contribution >= 4 is 0 Å². The molecule has 1 atom stereocenters. The lowest BCUT2D eigenvalue weighted by atomic mass is 10.1. The highest BCUT2D eigenvalue weighted by Crippen LogP contribution is 2.33. The van der Waals surface area contributed by atoms with Crippen molar-refractivity contribution in [3.8, 4) is 0 Å². The van der Waals surface area contributed by atoms with Crippen LogP contribution in [0.15, 0.2) is 17.0 Å². The normalized spacial score (nSPS) is 14.7. The average Bonchev–Trinajstić information content (AvgIpc) is 2.38. The zero-order valence-electron chi connectivity index (χ0n) is 6.01. The van der Waals surface area contributed by atoms with Gasteiger partial charge in [0.05, 0.1) is 6.20 Å². The minimum atomic E-state index is -4.37. The Kier molecular flexibility index (Phi) is 2.37. The number of alkyl halides is 3. The maximum Gasteiger partial charge on any atom is 0.400 e. The molecule has 0 radical (unpaired) electrons. The Morgan fingerprint density at radius 2 is 2.25 bits per heavy atom. The van der Waals surface area contributed by atoms with Gasteiger partial charge in [-0.3, -0.25) is 0 Å². The number of halogens is 3. The number of nitrogens with zero attached hydrogens (tertiary/aromatic N) is 1. The summed E-state index contributed by atoms with van der Waals surface area (Å²) in [6, 6.07) is 0. The molecule has 0 saturated heterocycles. The van der Waals surface area contributed by atoms with Crippen molar-refractivity contribution in [3.05, 3.63) is 18.4 Å². The quantitative estimate of drug-likeness (QED) is 0.745. The summed E-state index contributed by atoms with van der Waals surface area (Å²) in [5.41, 5.74) is 4.94. The average molecular weight is 180 g/mol. The summed E-state index contributed by atoms with van der Waals surface area (Å²) in [4.78, 5) is 3.38. The molecule has 1 heterocycles. The van der Waals surface area contributed by atoms with Gasteiger partial charge in [-0.1, -0.05) is 0 Å². The third-order valence-corrected chi connectivity index (χ3v) is 1.43. The lowest BCUT2D eigenvalue weighted by Gasteiger charge is -2.14. The molecule has 0 bridgehead atoms. The summed E-state index contributed by atoms with van der Waals surface area (Å²) in [7, 11) is 0. The molecule has 1 aromatic rings. The second-order valence-corrected chi connectivity index (χ2v) is 2.23. The molecule has 6 heteroatoms. The summed E-state index contributed by atoms with van der Waals surface area (Å²) in [6.45, 7) is -0.529. The van der Waals surface area contributed by atoms with Gasteiger partial charge in [0.25, 0.3) is 0 Å². The SMILES string of the molecule is NCC(c1cnco1)C(F)(F)F. The summed E-state index contributed by atoms with van der Waals surface area (Å²) in [5.74, 6) is -2.00. The lowest BCUT2D eigenvalue weighted by molar-refractivity contribution is -0.151. The molecular formula is C6H7F3N2O. The molecule has 1 unspecified atom stereocenters. The number of aromatic nitrogens is 1. The highest BCUT2D eigenvalue weighted by Gasteiger charge is 2.41. The van der Waals surface area contributed by atoms with Crippen LogP contribution < -0.4 is 5.73 Å². The van der Waals surface area contributed by atoms with Crippen molar-refractivity contribution in [2.75, 3.05) is 6.54 Å². The van der Waals surface area contributed by atoms with Gasteiger partial charge >= 0.3 is 6.18 Å². The van der Waals surface area contributed by atoms with Gasteiger partial charge in [-0.2, -0.15) is 13.2 Å². The minimum absolute atomic E-state index is 0.245. The van der Waals surface area contributed by atoms with Gasteiger partial charge in [0.15, 0.2) is 6.39 Å². The van der Waals surface area contributed by atoms with E-state index in [9.17, 15) is 13.2 Å². The van der Waals surface area contributed by atoms with E-state index in [2.05, 4.69) is 9.40 Å². The Labute approximate surface area is 66.4 Å². The van der Waals surface area contributed by atoms with E-state index in [0.29, 0.717) is 0 Å². The van der Waals surface area contributed by atoms with E-state index < -0.39 is 18.6 Å². The first-order valence-electron chi connectivity index (χ1n) is 3.21. The molecule has 0 aliphatic carbocycles. The number of oxazole rings is 1. The van der Waals surface area contributed by atoms with Crippen LogP contribution in [0.4, 0.5) is 13.2 Å². The van der Waals surface area contributed by atoms with Crippen molar-refractivity contribution in [2.45, 2.75) is 12.1 Å². The molecule has 3 nitrogen and oxygen atoms in total. The first-order valence-corrected chi connectivity index (χ1v) is 3.21. The van der Waals surface area contributed by atoms with Crippen LogP contribution in [0.25, 0.3) is 0 Å². The number of rotatable bonds is 2. The van der Waals surface area contributed by atoms with E-state index in [1.165, 1.54) is 0 Å². The zero-order valence-corrected chi connectivity index (χ0v) is 6.01. The maximum absolute atomic E-state index is 12.1. The van der Waals surface area contributed by atoms with Crippen LogP contribution in [0.5, 0.6) is 0 Å². The van der Waals surface area contributed by atoms with Crippen LogP contribution in [-0.2, 0) is 0 Å². The molecular weight excluding hydrogens is 173 g/mol. The molecule has 0 spiro atoms. The molecule has 2 N–H and O–H groups in total. The standard InChI is InChI=1S/C6H7F3N2O/c7-6(8,9)4(1-10)5-2-11-3-12-5/h2-4H,1,10H2. The van der Waals surface area contributed by atoms with E-state index in [4.69, 9.17) is 5.73 Å². The number of hydrogen-bond donors (Lipinski definition) is 1. The Balaban J connectivity index is 2.84. The topological polar surface area (TPSA) is 52.0 Å². The van der Waals surface area contributed by atoms with E-state index in [-0.39, 0.29) is 5.76 Å². The Hall–Kier alpha value is -1.04. The predicted octanol–water partition coefficient (Wildman–Crippen LogP) is 1.28. The summed E-state index contributed by atoms with van der Waals surface area (Å²) in [5, 5.41) is 0. The Morgan fingerprint density at radius 3 is 2.58 bits per heavy atom. The van der Waals surface area contributed by atoms with Gasteiger partial charge in [-0.25, -0.2) is 4.98 Å². The second-order valence-electron chi connectivity index (χ2n) is 2.23. The number of nitrogens with two attached hydrogens (primary N) is 1. The van der Waals surface area contributed by atoms with E-state index in [0.717, 1.165) is 12.6 Å². The molecule has 1 aromatic heterocycles. The van der Waals surface area contributed by atoms with Crippen LogP contribution >= 0.6 is 0 Å². The van der Waals surface area contributed by atoms with Crippen LogP contribution in [0, 0.1) is 0 Å². The smallest absolute Gasteiger partial charge is 0.400 e. The second kappa shape index (κ2) is 3.14. The summed E-state index contributed by atoms with van der Waals surface area (Å²) in [6.07, 6.45) is -2.40. The van der Waals surface area contributed by atoms with Crippen LogP contribution in [0.2, 0.25) is 0 Å². The lowest BCUT2D eigenvalue weighted by Crippen LogP contribution is -2.27. The highest BCUT2D eigenvalue weighted by molar-refractivity contribution is 5.02. The molecule has 0 saturated carbocycles. The maximum atomic E-state index is 12.1. The van der Waals surface area contributed by atoms with Crippen molar-refractivity contribution in [1.29, 1.82) is 0 Å². The molecule has 0 fully saturated rings. The van der Waals surface area contributed by atoms with Crippen molar-refractivity contribution in [1.82, 2.24) is 4.98 Å². The molecule has 0 aliphatic heterocycles. The monoisotopic (exact) mass is 180 g/mol. The minimum Gasteiger partial charge on any atom is -0.448 e. The van der Waals surface area contributed by atoms with Crippen molar-refractivity contribution in [2.24, 2.45) is 5.73 Å². The van der Waals surface area contributed by atoms with Gasteiger partial charge in [-0.05, 0) is 0 Å². The molecule has 0 aromatic carbocycles. The van der Waals surface area contributed by atoms with Crippen molar-refractivity contribution < 1.29 is 17.6 Å². The van der Waals surface area contributed by atoms with Crippen LogP contribution in [0.3, 0.4) is 0 Å². The largest absolute Gasteiger partial charge is 0.448 e. The third-order valence-electron chi connectivity index (χ3n) is 1.43. The molecule has 68 valence electrons. The van der Waals surface area contributed by atoms with E-state index in [1.807, 2.05) is 0 Å². The molecule has 0 amide bonds. The molecule has 1 rings (SSSR count). The van der Waals surface area contributed by atoms with Gasteiger partial charge in [0.1, 0.15) is 11.7 Å². The Morgan fingerprint density at radius 1 is 1.58 bits per heavy atom. The molecule has 0 aliphatic rings. The Bertz CT molecular complexity index is 231. The first-order chi connectivity index (χ1) is 5.55. The van der Waals surface area contributed by atoms with Gasteiger partial charge in [-0.15, -0.1) is 0 Å². The number of hydrogen-bond acceptors (Lipinski definition) is 3. The first kappa shape index (κ1) is 9.05. The predicted molar refractivity (Wildman–Crippen MR) is 34.4 cm³/mol. The summed E-state index contributed by atoms with van der Waals surface area (Å²) >= 11 is 0. The van der Waals surface area contributed by atoms with Gasteiger partial charge < -0.3 is 10.2 Å². The van der Waals surface area contributed by atoms with Crippen LogP contribution in [-0.4, -0.2) is 17.7 Å². The van der Waals surface area contributed by atoms with Gasteiger partial charge in [0, 0.05) is 6.54 Å². The molecule has 12 heavy (non-hydrogen) atoms.